The molecule has 86 valence electrons. The molecule has 0 aliphatic heterocycles. The average Bonchev–Trinajstić information content (AvgIpc) is 2.75. The second-order valence-corrected chi connectivity index (χ2v) is 4.00. The molecule has 0 fully saturated rings. The van der Waals surface area contributed by atoms with Crippen LogP contribution in [0.5, 0.6) is 0 Å². The maximum Gasteiger partial charge on any atom is 0.138 e. The Labute approximate surface area is 104 Å². The van der Waals surface area contributed by atoms with Crippen molar-refractivity contribution in [1.29, 1.82) is 5.26 Å². The van der Waals surface area contributed by atoms with Crippen molar-refractivity contribution in [3.05, 3.63) is 54.0 Å². The molecule has 18 heavy (non-hydrogen) atoms. The van der Waals surface area contributed by atoms with Crippen molar-refractivity contribution in [3.8, 4) is 11.9 Å². The Hall–Kier alpha value is -2.67. The van der Waals surface area contributed by atoms with Crippen LogP contribution in [0.15, 0.2) is 42.6 Å². The maximum absolute atomic E-state index is 8.78. The molecule has 0 aliphatic carbocycles. The number of hydrogen-bond acceptors (Lipinski definition) is 3. The second kappa shape index (κ2) is 3.97. The van der Waals surface area contributed by atoms with Crippen molar-refractivity contribution in [3.63, 3.8) is 0 Å². The van der Waals surface area contributed by atoms with Gasteiger partial charge < -0.3 is 0 Å². The summed E-state index contributed by atoms with van der Waals surface area (Å²) < 4.78 is 1.98. The first-order chi connectivity index (χ1) is 8.79. The van der Waals surface area contributed by atoms with Crippen LogP contribution in [0.1, 0.15) is 11.4 Å². The molecule has 0 atom stereocenters. The Kier molecular flexibility index (Phi) is 2.31. The van der Waals surface area contributed by atoms with Crippen LogP contribution < -0.4 is 0 Å². The van der Waals surface area contributed by atoms with E-state index in [9.17, 15) is 0 Å². The van der Waals surface area contributed by atoms with Gasteiger partial charge in [0, 0.05) is 6.20 Å². The summed E-state index contributed by atoms with van der Waals surface area (Å²) >= 11 is 0. The predicted octanol–water partition coefficient (Wildman–Crippen LogP) is 2.60. The Morgan fingerprint density at radius 1 is 1.17 bits per heavy atom. The minimum Gasteiger partial charge on any atom is -0.281 e. The molecule has 0 amide bonds. The Balaban J connectivity index is 2.24. The zero-order valence-corrected chi connectivity index (χ0v) is 9.83. The van der Waals surface area contributed by atoms with E-state index >= 15 is 0 Å². The number of pyridine rings is 1. The van der Waals surface area contributed by atoms with Crippen molar-refractivity contribution in [2.75, 3.05) is 0 Å². The number of para-hydroxylation sites is 2. The minimum absolute atomic E-state index is 0.556. The maximum atomic E-state index is 8.78. The van der Waals surface area contributed by atoms with Gasteiger partial charge in [-0.15, -0.1) is 0 Å². The van der Waals surface area contributed by atoms with E-state index in [1.165, 1.54) is 0 Å². The van der Waals surface area contributed by atoms with E-state index in [1.807, 2.05) is 41.8 Å². The van der Waals surface area contributed by atoms with Gasteiger partial charge in [0.25, 0.3) is 0 Å². The molecule has 1 aromatic carbocycles. The van der Waals surface area contributed by atoms with Gasteiger partial charge in [-0.2, -0.15) is 5.26 Å². The number of rotatable bonds is 1. The highest BCUT2D eigenvalue weighted by Gasteiger charge is 2.09. The van der Waals surface area contributed by atoms with E-state index in [0.717, 1.165) is 22.7 Å². The van der Waals surface area contributed by atoms with Crippen molar-refractivity contribution in [2.45, 2.75) is 6.92 Å². The highest BCUT2D eigenvalue weighted by Crippen LogP contribution is 2.19. The molecular weight excluding hydrogens is 224 g/mol. The van der Waals surface area contributed by atoms with Crippen LogP contribution in [0.4, 0.5) is 0 Å². The summed E-state index contributed by atoms with van der Waals surface area (Å²) in [6.07, 6.45) is 1.57. The van der Waals surface area contributed by atoms with Crippen molar-refractivity contribution >= 4 is 11.0 Å². The Morgan fingerprint density at radius 3 is 2.72 bits per heavy atom. The highest BCUT2D eigenvalue weighted by molar-refractivity contribution is 5.77. The highest BCUT2D eigenvalue weighted by atomic mass is 15.1. The zero-order valence-electron chi connectivity index (χ0n) is 9.83. The minimum atomic E-state index is 0.556. The SMILES string of the molecule is Cc1nc2ccccc2n1-c1ccc(C#N)cn1. The summed E-state index contributed by atoms with van der Waals surface area (Å²) in [5, 5.41) is 8.78. The van der Waals surface area contributed by atoms with Gasteiger partial charge in [0.05, 0.1) is 16.6 Å². The first-order valence-corrected chi connectivity index (χ1v) is 5.60. The van der Waals surface area contributed by atoms with Crippen molar-refractivity contribution in [2.24, 2.45) is 0 Å². The lowest BCUT2D eigenvalue weighted by Gasteiger charge is -2.05. The van der Waals surface area contributed by atoms with Gasteiger partial charge in [-0.1, -0.05) is 12.1 Å². The number of benzene rings is 1. The lowest BCUT2D eigenvalue weighted by Crippen LogP contribution is -1.99. The average molecular weight is 234 g/mol. The number of nitrogens with zero attached hydrogens (tertiary/aromatic N) is 4. The molecule has 0 spiro atoms. The molecule has 0 aliphatic rings. The third kappa shape index (κ3) is 1.54. The topological polar surface area (TPSA) is 54.5 Å². The molecule has 4 heteroatoms. The monoisotopic (exact) mass is 234 g/mol. The molecule has 2 aromatic heterocycles. The van der Waals surface area contributed by atoms with Gasteiger partial charge in [0.15, 0.2) is 0 Å². The third-order valence-corrected chi connectivity index (χ3v) is 2.83. The lowest BCUT2D eigenvalue weighted by molar-refractivity contribution is 0.956. The molecule has 0 radical (unpaired) electrons. The summed E-state index contributed by atoms with van der Waals surface area (Å²) in [5.74, 6) is 1.66. The van der Waals surface area contributed by atoms with Crippen LogP contribution in [-0.4, -0.2) is 14.5 Å². The first kappa shape index (κ1) is 10.5. The lowest BCUT2D eigenvalue weighted by atomic mass is 10.3. The molecule has 0 saturated carbocycles. The molecule has 4 nitrogen and oxygen atoms in total. The molecule has 0 N–H and O–H groups in total. The van der Waals surface area contributed by atoms with Crippen LogP contribution >= 0.6 is 0 Å². The van der Waals surface area contributed by atoms with Crippen LogP contribution in [0.25, 0.3) is 16.9 Å². The summed E-state index contributed by atoms with van der Waals surface area (Å²) in [6.45, 7) is 1.94. The quantitative estimate of drug-likeness (QED) is 0.650. The van der Waals surface area contributed by atoms with E-state index in [-0.39, 0.29) is 0 Å². The van der Waals surface area contributed by atoms with Gasteiger partial charge >= 0.3 is 0 Å². The number of aryl methyl sites for hydroxylation is 1. The fourth-order valence-electron chi connectivity index (χ4n) is 2.02. The summed E-state index contributed by atoms with van der Waals surface area (Å²) in [6, 6.07) is 13.6. The second-order valence-electron chi connectivity index (χ2n) is 4.00. The molecule has 2 heterocycles. The van der Waals surface area contributed by atoms with Gasteiger partial charge in [-0.25, -0.2) is 9.97 Å². The number of aromatic nitrogens is 3. The van der Waals surface area contributed by atoms with Crippen LogP contribution in [0, 0.1) is 18.3 Å². The molecule has 0 unspecified atom stereocenters. The molecule has 3 rings (SSSR count). The number of hydrogen-bond donors (Lipinski definition) is 0. The van der Waals surface area contributed by atoms with E-state index in [2.05, 4.69) is 16.0 Å². The Bertz CT molecular complexity index is 748. The molecule has 3 aromatic rings. The number of fused-ring (bicyclic) bond motifs is 1. The van der Waals surface area contributed by atoms with Gasteiger partial charge in [0.2, 0.25) is 0 Å². The smallest absolute Gasteiger partial charge is 0.138 e. The molecule has 0 saturated heterocycles. The summed E-state index contributed by atoms with van der Waals surface area (Å²) in [4.78, 5) is 8.79. The van der Waals surface area contributed by atoms with Gasteiger partial charge in [0.1, 0.15) is 17.7 Å². The predicted molar refractivity (Wildman–Crippen MR) is 68.3 cm³/mol. The fourth-order valence-corrected chi connectivity index (χ4v) is 2.02. The third-order valence-electron chi connectivity index (χ3n) is 2.83. The van der Waals surface area contributed by atoms with Crippen molar-refractivity contribution in [1.82, 2.24) is 14.5 Å². The van der Waals surface area contributed by atoms with Gasteiger partial charge in [-0.05, 0) is 31.2 Å². The van der Waals surface area contributed by atoms with Crippen LogP contribution in [0.2, 0.25) is 0 Å². The van der Waals surface area contributed by atoms with E-state index < -0.39 is 0 Å². The van der Waals surface area contributed by atoms with Crippen LogP contribution in [-0.2, 0) is 0 Å². The Morgan fingerprint density at radius 2 is 2.00 bits per heavy atom. The van der Waals surface area contributed by atoms with E-state index in [4.69, 9.17) is 5.26 Å². The standard InChI is InChI=1S/C14H10N4/c1-10-17-12-4-2-3-5-13(12)18(10)14-7-6-11(8-15)9-16-14/h2-7,9H,1H3. The first-order valence-electron chi connectivity index (χ1n) is 5.60. The van der Waals surface area contributed by atoms with Gasteiger partial charge in [-0.3, -0.25) is 4.57 Å². The number of nitriles is 1. The van der Waals surface area contributed by atoms with E-state index in [1.54, 1.807) is 12.3 Å². The van der Waals surface area contributed by atoms with Crippen molar-refractivity contribution < 1.29 is 0 Å². The van der Waals surface area contributed by atoms with E-state index in [0.29, 0.717) is 5.56 Å². The molecular formula is C14H10N4. The fraction of sp³-hybridized carbons (Fsp3) is 0.0714. The number of imidazole rings is 1. The van der Waals surface area contributed by atoms with Crippen LogP contribution in [0.3, 0.4) is 0 Å². The zero-order chi connectivity index (χ0) is 12.5. The largest absolute Gasteiger partial charge is 0.281 e. The summed E-state index contributed by atoms with van der Waals surface area (Å²) in [7, 11) is 0. The normalized spacial score (nSPS) is 10.4. The summed E-state index contributed by atoms with van der Waals surface area (Å²) in [5.41, 5.74) is 2.52. The molecule has 0 bridgehead atoms.